The molecule has 0 saturated heterocycles. The third-order valence-electron chi connectivity index (χ3n) is 1.20. The van der Waals surface area contributed by atoms with Gasteiger partial charge in [-0.1, -0.05) is 11.8 Å². The fourth-order valence-electron chi connectivity index (χ4n) is 0.473. The normalized spacial score (nSPS) is 14.2. The topological polar surface area (TPSA) is 87.0 Å². The number of carboxylic acids is 1. The largest absolute Gasteiger partial charge is 0.477 e. The molecule has 0 aromatic carbocycles. The number of aliphatic carboxylic acids is 1. The van der Waals surface area contributed by atoms with Crippen LogP contribution in [0.1, 0.15) is 6.42 Å². The predicted octanol–water partition coefficient (Wildman–Crippen LogP) is -1.21. The van der Waals surface area contributed by atoms with Crippen LogP contribution in [0.5, 0.6) is 0 Å². The van der Waals surface area contributed by atoms with Gasteiger partial charge in [-0.05, 0) is 0 Å². The molecule has 0 aliphatic carbocycles. The molecule has 0 aliphatic rings. The van der Waals surface area contributed by atoms with Gasteiger partial charge in [0.25, 0.3) is 5.79 Å². The van der Waals surface area contributed by atoms with Crippen LogP contribution in [0, 0.1) is 11.8 Å². The van der Waals surface area contributed by atoms with Crippen LogP contribution in [0.25, 0.3) is 0 Å². The van der Waals surface area contributed by atoms with Gasteiger partial charge in [0.1, 0.15) is 6.61 Å². The lowest BCUT2D eigenvalue weighted by molar-refractivity contribution is -0.211. The number of aliphatic hydroxyl groups is 2. The first kappa shape index (κ1) is 10.9. The molecule has 5 heteroatoms. The Morgan fingerprint density at radius 2 is 2.17 bits per heavy atom. The molecule has 68 valence electrons. The first-order valence-corrected chi connectivity index (χ1v) is 3.14. The van der Waals surface area contributed by atoms with Gasteiger partial charge in [0.05, 0.1) is 6.42 Å². The third kappa shape index (κ3) is 2.88. The minimum atomic E-state index is -2.28. The van der Waals surface area contributed by atoms with E-state index in [1.54, 1.807) is 0 Å². The minimum Gasteiger partial charge on any atom is -0.477 e. The predicted molar refractivity (Wildman–Crippen MR) is 39.1 cm³/mol. The van der Waals surface area contributed by atoms with Crippen molar-refractivity contribution in [3.63, 3.8) is 0 Å². The Morgan fingerprint density at radius 3 is 2.50 bits per heavy atom. The van der Waals surface area contributed by atoms with Gasteiger partial charge < -0.3 is 20.1 Å². The van der Waals surface area contributed by atoms with Gasteiger partial charge >= 0.3 is 5.97 Å². The highest BCUT2D eigenvalue weighted by atomic mass is 16.6. The van der Waals surface area contributed by atoms with E-state index < -0.39 is 11.8 Å². The maximum absolute atomic E-state index is 10.3. The molecule has 0 aliphatic heterocycles. The smallest absolute Gasteiger partial charge is 0.365 e. The van der Waals surface area contributed by atoms with Crippen molar-refractivity contribution in [2.24, 2.45) is 0 Å². The molecular formula is C7H10O5. The Labute approximate surface area is 69.6 Å². The van der Waals surface area contributed by atoms with Gasteiger partial charge in [0, 0.05) is 7.11 Å². The van der Waals surface area contributed by atoms with E-state index in [-0.39, 0.29) is 13.0 Å². The van der Waals surface area contributed by atoms with Crippen molar-refractivity contribution in [2.75, 3.05) is 13.7 Å². The number of hydrogen-bond acceptors (Lipinski definition) is 4. The number of aliphatic hydroxyl groups excluding tert-OH is 1. The SMILES string of the molecule is COC(O)(CC#CCO)C(=O)O. The Kier molecular flexibility index (Phi) is 4.29. The molecule has 0 bridgehead atoms. The van der Waals surface area contributed by atoms with Gasteiger partial charge in [0.15, 0.2) is 0 Å². The Hall–Kier alpha value is -1.09. The highest BCUT2D eigenvalue weighted by Gasteiger charge is 2.34. The molecule has 3 N–H and O–H groups in total. The Morgan fingerprint density at radius 1 is 1.58 bits per heavy atom. The molecule has 0 aromatic rings. The first-order valence-electron chi connectivity index (χ1n) is 3.14. The second-order valence-electron chi connectivity index (χ2n) is 1.98. The van der Waals surface area contributed by atoms with Crippen LogP contribution in [0.4, 0.5) is 0 Å². The van der Waals surface area contributed by atoms with Gasteiger partial charge in [-0.3, -0.25) is 0 Å². The summed E-state index contributed by atoms with van der Waals surface area (Å²) < 4.78 is 4.32. The summed E-state index contributed by atoms with van der Waals surface area (Å²) in [5.74, 6) is 0.669. The number of carboxylic acid groups (broad SMARTS) is 1. The fourth-order valence-corrected chi connectivity index (χ4v) is 0.473. The molecule has 12 heavy (non-hydrogen) atoms. The number of ether oxygens (including phenoxy) is 1. The summed E-state index contributed by atoms with van der Waals surface area (Å²) in [7, 11) is 1.06. The zero-order chi connectivity index (χ0) is 9.61. The molecule has 1 atom stereocenters. The van der Waals surface area contributed by atoms with Gasteiger partial charge in [-0.2, -0.15) is 0 Å². The molecule has 0 fully saturated rings. The van der Waals surface area contributed by atoms with E-state index in [4.69, 9.17) is 15.3 Å². The van der Waals surface area contributed by atoms with Crippen LogP contribution in [-0.2, 0) is 9.53 Å². The van der Waals surface area contributed by atoms with Crippen LogP contribution >= 0.6 is 0 Å². The molecule has 0 aromatic heterocycles. The lowest BCUT2D eigenvalue weighted by Gasteiger charge is -2.17. The summed E-state index contributed by atoms with van der Waals surface area (Å²) >= 11 is 0. The third-order valence-corrected chi connectivity index (χ3v) is 1.20. The molecule has 5 nitrogen and oxygen atoms in total. The van der Waals surface area contributed by atoms with Crippen molar-refractivity contribution in [1.29, 1.82) is 0 Å². The van der Waals surface area contributed by atoms with Crippen molar-refractivity contribution in [1.82, 2.24) is 0 Å². The van der Waals surface area contributed by atoms with Gasteiger partial charge in [-0.15, -0.1) is 0 Å². The van der Waals surface area contributed by atoms with Crippen molar-refractivity contribution in [3.05, 3.63) is 0 Å². The molecule has 0 spiro atoms. The van der Waals surface area contributed by atoms with E-state index in [0.717, 1.165) is 7.11 Å². The van der Waals surface area contributed by atoms with Gasteiger partial charge in [-0.25, -0.2) is 4.79 Å². The Balaban J connectivity index is 4.24. The highest BCUT2D eigenvalue weighted by molar-refractivity contribution is 5.75. The monoisotopic (exact) mass is 174 g/mol. The summed E-state index contributed by atoms with van der Waals surface area (Å²) in [5.41, 5.74) is 0. The Bertz CT molecular complexity index is 214. The van der Waals surface area contributed by atoms with E-state index in [1.165, 1.54) is 0 Å². The molecule has 0 heterocycles. The van der Waals surface area contributed by atoms with Gasteiger partial charge in [0.2, 0.25) is 0 Å². The molecule has 1 unspecified atom stereocenters. The summed E-state index contributed by atoms with van der Waals surface area (Å²) in [4.78, 5) is 10.3. The quantitative estimate of drug-likeness (QED) is 0.369. The summed E-state index contributed by atoms with van der Waals surface area (Å²) in [6.07, 6.45) is -0.376. The van der Waals surface area contributed by atoms with Crippen LogP contribution < -0.4 is 0 Å². The van der Waals surface area contributed by atoms with E-state index in [1.807, 2.05) is 0 Å². The van der Waals surface area contributed by atoms with Crippen molar-refractivity contribution in [2.45, 2.75) is 12.2 Å². The lowest BCUT2D eigenvalue weighted by atomic mass is 10.2. The summed E-state index contributed by atoms with van der Waals surface area (Å²) in [5, 5.41) is 25.8. The average molecular weight is 174 g/mol. The second-order valence-corrected chi connectivity index (χ2v) is 1.98. The summed E-state index contributed by atoms with van der Waals surface area (Å²) in [6.45, 7) is -0.376. The van der Waals surface area contributed by atoms with E-state index in [9.17, 15) is 4.79 Å². The highest BCUT2D eigenvalue weighted by Crippen LogP contribution is 2.09. The number of methoxy groups -OCH3 is 1. The van der Waals surface area contributed by atoms with Crippen molar-refractivity contribution >= 4 is 5.97 Å². The zero-order valence-corrected chi connectivity index (χ0v) is 6.57. The van der Waals surface area contributed by atoms with E-state index >= 15 is 0 Å². The first-order chi connectivity index (χ1) is 5.56. The lowest BCUT2D eigenvalue weighted by Crippen LogP contribution is -2.40. The summed E-state index contributed by atoms with van der Waals surface area (Å²) in [6, 6.07) is 0. The van der Waals surface area contributed by atoms with Crippen LogP contribution in [0.3, 0.4) is 0 Å². The fraction of sp³-hybridized carbons (Fsp3) is 0.571. The van der Waals surface area contributed by atoms with E-state index in [2.05, 4.69) is 16.6 Å². The molecule has 0 radical (unpaired) electrons. The zero-order valence-electron chi connectivity index (χ0n) is 6.57. The van der Waals surface area contributed by atoms with Crippen LogP contribution in [-0.4, -0.2) is 40.8 Å². The van der Waals surface area contributed by atoms with E-state index in [0.29, 0.717) is 0 Å². The second kappa shape index (κ2) is 4.72. The van der Waals surface area contributed by atoms with Crippen LogP contribution in [0.2, 0.25) is 0 Å². The van der Waals surface area contributed by atoms with Crippen molar-refractivity contribution < 1.29 is 24.9 Å². The number of rotatable bonds is 3. The van der Waals surface area contributed by atoms with Crippen LogP contribution in [0.15, 0.2) is 0 Å². The maximum Gasteiger partial charge on any atom is 0.365 e. The molecule has 0 amide bonds. The molecular weight excluding hydrogens is 164 g/mol. The number of hydrogen-bond donors (Lipinski definition) is 3. The molecule has 0 saturated carbocycles. The number of carbonyl (C=O) groups is 1. The average Bonchev–Trinajstić information content (AvgIpc) is 2.04. The maximum atomic E-state index is 10.3. The van der Waals surface area contributed by atoms with Crippen molar-refractivity contribution in [3.8, 4) is 11.8 Å². The molecule has 0 rings (SSSR count). The standard InChI is InChI=1S/C7H10O5/c1-12-7(11,6(9)10)4-2-3-5-8/h8,11H,4-5H2,1H3,(H,9,10). The minimum absolute atomic E-state index is 0.376.